The Morgan fingerprint density at radius 1 is 0.279 bits per heavy atom. The molecule has 0 radical (unpaired) electrons. The van der Waals surface area contributed by atoms with Crippen molar-refractivity contribution in [3.63, 3.8) is 0 Å². The van der Waals surface area contributed by atoms with Crippen LogP contribution in [-0.2, 0) is 0 Å². The summed E-state index contributed by atoms with van der Waals surface area (Å²) in [4.78, 5) is 29.2. The van der Waals surface area contributed by atoms with E-state index in [1.54, 1.807) is 11.3 Å². The highest BCUT2D eigenvalue weighted by Gasteiger charge is 2.18. The zero-order valence-corrected chi connectivity index (χ0v) is 37.3. The Hall–Kier alpha value is -8.98. The molecule has 0 unspecified atom stereocenters. The van der Waals surface area contributed by atoms with Gasteiger partial charge in [-0.3, -0.25) is 0 Å². The van der Waals surface area contributed by atoms with Crippen molar-refractivity contribution in [3.05, 3.63) is 231 Å². The lowest BCUT2D eigenvalue weighted by Crippen LogP contribution is -2.00. The molecular formula is C60H38N6OS. The first-order chi connectivity index (χ1) is 33.7. The summed E-state index contributed by atoms with van der Waals surface area (Å²) in [5.41, 5.74) is 9.67. The highest BCUT2D eigenvalue weighted by Crippen LogP contribution is 2.40. The standard InChI is InChI=1S/C33H21N3O.C27H17N3S/c1-3-11-22(12-4-1)31-34-32(23-13-5-2-6-14-23)36-33(35-31)25-16-9-15-24(21-25)26-18-10-19-28-27-17-7-8-20-29(27)37-30(26)28;1-3-10-18(11-4-1)25-28-26(19-12-5-2-6-13-19)30-27(29-25)22-16-9-15-21-20-14-7-8-17-23(20)31-24(21)22/h1-21H;1-17H. The first-order valence-corrected chi connectivity index (χ1v) is 23.2. The van der Waals surface area contributed by atoms with E-state index in [2.05, 4.69) is 78.9 Å². The highest BCUT2D eigenvalue weighted by molar-refractivity contribution is 7.26. The molecule has 4 aromatic heterocycles. The van der Waals surface area contributed by atoms with E-state index >= 15 is 0 Å². The fourth-order valence-corrected chi connectivity index (χ4v) is 9.80. The molecule has 0 saturated carbocycles. The molecule has 0 saturated heterocycles. The van der Waals surface area contributed by atoms with Crippen LogP contribution in [0.15, 0.2) is 235 Å². The van der Waals surface area contributed by atoms with Crippen LogP contribution in [0.4, 0.5) is 0 Å². The van der Waals surface area contributed by atoms with Gasteiger partial charge in [-0.05, 0) is 29.8 Å². The SMILES string of the molecule is c1ccc(-c2nc(-c3ccccc3)nc(-c3cccc(-c4cccc5c4oc4ccccc45)c3)n2)cc1.c1ccc(-c2nc(-c3ccccc3)nc(-c3cccc4c3sc3ccccc34)n2)cc1. The van der Waals surface area contributed by atoms with Gasteiger partial charge >= 0.3 is 0 Å². The molecule has 7 nitrogen and oxygen atoms in total. The summed E-state index contributed by atoms with van der Waals surface area (Å²) in [5.74, 6) is 3.99. The number of furan rings is 1. The van der Waals surface area contributed by atoms with Crippen molar-refractivity contribution in [1.29, 1.82) is 0 Å². The number of fused-ring (bicyclic) bond motifs is 6. The van der Waals surface area contributed by atoms with E-state index in [4.69, 9.17) is 34.3 Å². The molecule has 13 rings (SSSR count). The van der Waals surface area contributed by atoms with Crippen molar-refractivity contribution < 1.29 is 4.42 Å². The van der Waals surface area contributed by atoms with Gasteiger partial charge in [-0.2, -0.15) is 0 Å². The van der Waals surface area contributed by atoms with Crippen LogP contribution in [0.2, 0.25) is 0 Å². The molecule has 0 N–H and O–H groups in total. The van der Waals surface area contributed by atoms with Gasteiger partial charge in [0.15, 0.2) is 34.9 Å². The van der Waals surface area contributed by atoms with Crippen LogP contribution in [0.25, 0.3) is 122 Å². The van der Waals surface area contributed by atoms with Gasteiger partial charge < -0.3 is 4.42 Å². The van der Waals surface area contributed by atoms with E-state index in [0.717, 1.165) is 66.4 Å². The zero-order valence-electron chi connectivity index (χ0n) is 36.4. The predicted octanol–water partition coefficient (Wildman–Crippen LogP) is 15.7. The monoisotopic (exact) mass is 890 g/mol. The summed E-state index contributed by atoms with van der Waals surface area (Å²) in [7, 11) is 0. The fourth-order valence-electron chi connectivity index (χ4n) is 8.59. The molecule has 4 heterocycles. The zero-order chi connectivity index (χ0) is 45.2. The summed E-state index contributed by atoms with van der Waals surface area (Å²) in [6.45, 7) is 0. The molecule has 9 aromatic carbocycles. The van der Waals surface area contributed by atoms with E-state index in [1.807, 2.05) is 152 Å². The number of benzene rings is 9. The minimum Gasteiger partial charge on any atom is -0.455 e. The number of rotatable bonds is 7. The largest absolute Gasteiger partial charge is 0.455 e. The summed E-state index contributed by atoms with van der Waals surface area (Å²) in [5, 5.41) is 4.73. The van der Waals surface area contributed by atoms with Gasteiger partial charge in [0.05, 0.1) is 0 Å². The summed E-state index contributed by atoms with van der Waals surface area (Å²) in [6.07, 6.45) is 0. The normalized spacial score (nSPS) is 11.2. The molecule has 0 spiro atoms. The lowest BCUT2D eigenvalue weighted by atomic mass is 10.00. The average molecular weight is 891 g/mol. The second-order valence-electron chi connectivity index (χ2n) is 16.2. The Bertz CT molecular complexity index is 3800. The van der Waals surface area contributed by atoms with Gasteiger partial charge in [-0.15, -0.1) is 11.3 Å². The van der Waals surface area contributed by atoms with Crippen LogP contribution >= 0.6 is 11.3 Å². The number of nitrogens with zero attached hydrogens (tertiary/aromatic N) is 6. The Labute approximate surface area is 395 Å². The fraction of sp³-hybridized carbons (Fsp3) is 0. The lowest BCUT2D eigenvalue weighted by molar-refractivity contribution is 0.670. The maximum absolute atomic E-state index is 6.30. The van der Waals surface area contributed by atoms with Crippen LogP contribution in [0.5, 0.6) is 0 Å². The molecule has 0 amide bonds. The highest BCUT2D eigenvalue weighted by atomic mass is 32.1. The molecule has 0 aliphatic carbocycles. The van der Waals surface area contributed by atoms with Crippen LogP contribution in [0.3, 0.4) is 0 Å². The molecule has 320 valence electrons. The van der Waals surface area contributed by atoms with Crippen molar-refractivity contribution in [1.82, 2.24) is 29.9 Å². The van der Waals surface area contributed by atoms with Gasteiger partial charge in [0, 0.05) is 69.9 Å². The number of hydrogen-bond acceptors (Lipinski definition) is 8. The maximum Gasteiger partial charge on any atom is 0.165 e. The van der Waals surface area contributed by atoms with Crippen LogP contribution in [0, 0.1) is 0 Å². The van der Waals surface area contributed by atoms with E-state index in [9.17, 15) is 0 Å². The van der Waals surface area contributed by atoms with Crippen molar-refractivity contribution in [2.45, 2.75) is 0 Å². The van der Waals surface area contributed by atoms with Gasteiger partial charge in [0.1, 0.15) is 11.2 Å². The topological polar surface area (TPSA) is 90.5 Å². The van der Waals surface area contributed by atoms with Crippen molar-refractivity contribution in [3.8, 4) is 79.5 Å². The second-order valence-corrected chi connectivity index (χ2v) is 17.3. The molecule has 13 aromatic rings. The molecule has 68 heavy (non-hydrogen) atoms. The molecule has 0 bridgehead atoms. The molecule has 0 fully saturated rings. The first kappa shape index (κ1) is 40.5. The van der Waals surface area contributed by atoms with Crippen LogP contribution in [0.1, 0.15) is 0 Å². The number of thiophene rings is 1. The Kier molecular flexibility index (Phi) is 10.6. The number of aromatic nitrogens is 6. The maximum atomic E-state index is 6.30. The third-order valence-corrected chi connectivity index (χ3v) is 13.1. The predicted molar refractivity (Wildman–Crippen MR) is 278 cm³/mol. The van der Waals surface area contributed by atoms with Gasteiger partial charge in [-0.1, -0.05) is 206 Å². The van der Waals surface area contributed by atoms with E-state index in [1.165, 1.54) is 20.2 Å². The number of hydrogen-bond donors (Lipinski definition) is 0. The molecule has 8 heteroatoms. The lowest BCUT2D eigenvalue weighted by Gasteiger charge is -2.10. The summed E-state index contributed by atoms with van der Waals surface area (Å²) < 4.78 is 8.77. The van der Waals surface area contributed by atoms with Crippen LogP contribution < -0.4 is 0 Å². The van der Waals surface area contributed by atoms with Gasteiger partial charge in [0.25, 0.3) is 0 Å². The third kappa shape index (κ3) is 7.85. The summed E-state index contributed by atoms with van der Waals surface area (Å²) >= 11 is 1.79. The Balaban J connectivity index is 0.000000143. The van der Waals surface area contributed by atoms with Crippen molar-refractivity contribution in [2.75, 3.05) is 0 Å². The van der Waals surface area contributed by atoms with Gasteiger partial charge in [-0.25, -0.2) is 29.9 Å². The Morgan fingerprint density at radius 3 is 1.25 bits per heavy atom. The summed E-state index contributed by atoms with van der Waals surface area (Å²) in [6, 6.07) is 77.9. The average Bonchev–Trinajstić information content (AvgIpc) is 4.01. The quantitative estimate of drug-likeness (QED) is 0.157. The molecule has 0 aliphatic heterocycles. The van der Waals surface area contributed by atoms with E-state index < -0.39 is 0 Å². The van der Waals surface area contributed by atoms with Crippen molar-refractivity contribution >= 4 is 53.4 Å². The smallest absolute Gasteiger partial charge is 0.165 e. The Morgan fingerprint density at radius 2 is 0.676 bits per heavy atom. The molecular weight excluding hydrogens is 853 g/mol. The minimum atomic E-state index is 0.631. The van der Waals surface area contributed by atoms with E-state index in [0.29, 0.717) is 34.9 Å². The third-order valence-electron chi connectivity index (χ3n) is 11.9. The molecule has 0 atom stereocenters. The van der Waals surface area contributed by atoms with Crippen molar-refractivity contribution in [2.24, 2.45) is 0 Å². The molecule has 0 aliphatic rings. The second kappa shape index (κ2) is 17.8. The van der Waals surface area contributed by atoms with Gasteiger partial charge in [0.2, 0.25) is 0 Å². The number of para-hydroxylation sites is 2. The van der Waals surface area contributed by atoms with E-state index in [-0.39, 0.29) is 0 Å². The minimum absolute atomic E-state index is 0.631. The van der Waals surface area contributed by atoms with Crippen LogP contribution in [-0.4, -0.2) is 29.9 Å². The first-order valence-electron chi connectivity index (χ1n) is 22.4.